The molecule has 3 aromatic rings. The van der Waals surface area contributed by atoms with E-state index >= 15 is 0 Å². The van der Waals surface area contributed by atoms with E-state index < -0.39 is 29.1 Å². The summed E-state index contributed by atoms with van der Waals surface area (Å²) in [4.78, 5) is 13.5. The number of fused-ring (bicyclic) bond motifs is 1. The van der Waals surface area contributed by atoms with Gasteiger partial charge in [-0.3, -0.25) is 0 Å². The maximum absolute atomic E-state index is 13.1. The summed E-state index contributed by atoms with van der Waals surface area (Å²) in [6.45, 7) is 2.81. The number of hydrogen-bond acceptors (Lipinski definition) is 3. The molecule has 0 saturated carbocycles. The highest BCUT2D eigenvalue weighted by Crippen LogP contribution is 2.36. The number of H-pyrrole nitrogens is 1. The fourth-order valence-electron chi connectivity index (χ4n) is 2.39. The zero-order chi connectivity index (χ0) is 18.6. The minimum Gasteiger partial charge on any atom is -0.335 e. The molecule has 2 aromatic heterocycles. The molecule has 2 heterocycles. The van der Waals surface area contributed by atoms with Gasteiger partial charge in [-0.2, -0.15) is 26.3 Å². The van der Waals surface area contributed by atoms with E-state index in [0.29, 0.717) is 5.56 Å². The molecule has 0 saturated heterocycles. The van der Waals surface area contributed by atoms with Gasteiger partial charge in [-0.15, -0.1) is 0 Å². The lowest BCUT2D eigenvalue weighted by molar-refractivity contribution is -0.140. The molecule has 0 atom stereocenters. The van der Waals surface area contributed by atoms with Gasteiger partial charge in [0, 0.05) is 5.56 Å². The van der Waals surface area contributed by atoms with Gasteiger partial charge in [0.1, 0.15) is 17.2 Å². The van der Waals surface area contributed by atoms with Crippen molar-refractivity contribution in [3.63, 3.8) is 0 Å². The quantitative estimate of drug-likeness (QED) is 0.642. The third-order valence-electron chi connectivity index (χ3n) is 3.55. The molecule has 0 amide bonds. The maximum atomic E-state index is 13.1. The highest BCUT2D eigenvalue weighted by atomic mass is 19.4. The Bertz CT molecular complexity index is 955. The van der Waals surface area contributed by atoms with Crippen molar-refractivity contribution in [2.75, 3.05) is 0 Å². The molecule has 4 nitrogen and oxygen atoms in total. The number of rotatable bonds is 1. The molecule has 0 aliphatic carbocycles. The number of hydrogen-bond donors (Lipinski definition) is 1. The molecule has 0 spiro atoms. The van der Waals surface area contributed by atoms with Crippen LogP contribution in [-0.2, 0) is 12.4 Å². The number of aromatic amines is 1. The van der Waals surface area contributed by atoms with Crippen molar-refractivity contribution in [3.05, 3.63) is 40.8 Å². The van der Waals surface area contributed by atoms with Crippen molar-refractivity contribution in [1.29, 1.82) is 0 Å². The Morgan fingerprint density at radius 2 is 1.56 bits per heavy atom. The number of imidazole rings is 1. The number of aromatic nitrogens is 4. The molecule has 132 valence electrons. The normalized spacial score (nSPS) is 12.8. The van der Waals surface area contributed by atoms with Crippen LogP contribution in [0.15, 0.2) is 18.2 Å². The molecule has 0 radical (unpaired) electrons. The average Bonchev–Trinajstić information content (AvgIpc) is 2.87. The summed E-state index contributed by atoms with van der Waals surface area (Å²) in [5.74, 6) is -0.275. The van der Waals surface area contributed by atoms with Crippen LogP contribution in [0.25, 0.3) is 22.6 Å². The SMILES string of the molecule is Cc1nc(C(F)(F)F)c2[nH]c(-c3cc(C(F)(F)F)ccc3C)nc2n1. The van der Waals surface area contributed by atoms with Gasteiger partial charge in [-0.1, -0.05) is 6.07 Å². The van der Waals surface area contributed by atoms with Crippen molar-refractivity contribution < 1.29 is 26.3 Å². The van der Waals surface area contributed by atoms with Crippen LogP contribution in [0.3, 0.4) is 0 Å². The Balaban J connectivity index is 2.25. The molecule has 0 aliphatic heterocycles. The molecule has 0 fully saturated rings. The first-order valence-electron chi connectivity index (χ1n) is 6.96. The van der Waals surface area contributed by atoms with E-state index in [1.807, 2.05) is 0 Å². The Labute approximate surface area is 136 Å². The summed E-state index contributed by atoms with van der Waals surface area (Å²) in [5.41, 5.74) is -2.40. The minimum atomic E-state index is -4.75. The Hall–Kier alpha value is -2.65. The van der Waals surface area contributed by atoms with Crippen LogP contribution in [0, 0.1) is 13.8 Å². The molecule has 1 N–H and O–H groups in total. The van der Waals surface area contributed by atoms with Gasteiger partial charge in [0.05, 0.1) is 5.56 Å². The van der Waals surface area contributed by atoms with Gasteiger partial charge in [0.15, 0.2) is 11.3 Å². The third-order valence-corrected chi connectivity index (χ3v) is 3.55. The van der Waals surface area contributed by atoms with Crippen LogP contribution in [0.2, 0.25) is 0 Å². The smallest absolute Gasteiger partial charge is 0.335 e. The first kappa shape index (κ1) is 17.2. The number of nitrogens with one attached hydrogen (secondary N) is 1. The molecule has 1 aromatic carbocycles. The van der Waals surface area contributed by atoms with Crippen LogP contribution < -0.4 is 0 Å². The van der Waals surface area contributed by atoms with Crippen molar-refractivity contribution in [2.24, 2.45) is 0 Å². The maximum Gasteiger partial charge on any atom is 0.435 e. The monoisotopic (exact) mass is 360 g/mol. The van der Waals surface area contributed by atoms with E-state index in [-0.39, 0.29) is 22.9 Å². The fourth-order valence-corrected chi connectivity index (χ4v) is 2.39. The average molecular weight is 360 g/mol. The minimum absolute atomic E-state index is 0.0404. The molecular weight excluding hydrogens is 350 g/mol. The molecule has 0 unspecified atom stereocenters. The second kappa shape index (κ2) is 5.43. The van der Waals surface area contributed by atoms with Crippen LogP contribution in [0.5, 0.6) is 0 Å². The molecular formula is C15H10F6N4. The van der Waals surface area contributed by atoms with E-state index in [1.165, 1.54) is 19.9 Å². The molecule has 3 rings (SSSR count). The Kier molecular flexibility index (Phi) is 3.73. The standard InChI is InChI=1S/C15H10F6N4/c1-6-3-4-8(14(16,17)18)5-9(6)12-24-10-11(15(19,20)21)22-7(2)23-13(10)25-12/h3-5H,1-2H3,(H,22,23,24,25). The lowest BCUT2D eigenvalue weighted by Gasteiger charge is -2.10. The van der Waals surface area contributed by atoms with Crippen molar-refractivity contribution >= 4 is 11.2 Å². The summed E-state index contributed by atoms with van der Waals surface area (Å²) >= 11 is 0. The van der Waals surface area contributed by atoms with E-state index in [0.717, 1.165) is 12.1 Å². The second-order valence-corrected chi connectivity index (χ2v) is 5.43. The molecule has 0 aliphatic rings. The van der Waals surface area contributed by atoms with Crippen LogP contribution in [0.4, 0.5) is 26.3 Å². The predicted octanol–water partition coefficient (Wildman–Crippen LogP) is 4.67. The van der Waals surface area contributed by atoms with E-state index in [2.05, 4.69) is 19.9 Å². The Morgan fingerprint density at radius 1 is 0.880 bits per heavy atom. The zero-order valence-corrected chi connectivity index (χ0v) is 12.8. The van der Waals surface area contributed by atoms with Crippen molar-refractivity contribution in [2.45, 2.75) is 26.2 Å². The topological polar surface area (TPSA) is 54.5 Å². The summed E-state index contributed by atoms with van der Waals surface area (Å²) in [5, 5.41) is 0. The lowest BCUT2D eigenvalue weighted by Crippen LogP contribution is -2.10. The largest absolute Gasteiger partial charge is 0.435 e. The van der Waals surface area contributed by atoms with E-state index in [4.69, 9.17) is 0 Å². The van der Waals surface area contributed by atoms with Gasteiger partial charge >= 0.3 is 12.4 Å². The summed E-state index contributed by atoms with van der Waals surface area (Å²) in [7, 11) is 0. The Morgan fingerprint density at radius 3 is 2.16 bits per heavy atom. The molecule has 25 heavy (non-hydrogen) atoms. The van der Waals surface area contributed by atoms with Gasteiger partial charge in [-0.25, -0.2) is 15.0 Å². The summed E-state index contributed by atoms with van der Waals surface area (Å²) < 4.78 is 78.0. The van der Waals surface area contributed by atoms with Crippen LogP contribution in [-0.4, -0.2) is 19.9 Å². The van der Waals surface area contributed by atoms with E-state index in [1.54, 1.807) is 0 Å². The van der Waals surface area contributed by atoms with Gasteiger partial charge in [0.25, 0.3) is 0 Å². The first-order valence-corrected chi connectivity index (χ1v) is 6.96. The highest BCUT2D eigenvalue weighted by molar-refractivity contribution is 5.79. The molecule has 10 heteroatoms. The van der Waals surface area contributed by atoms with Crippen molar-refractivity contribution in [1.82, 2.24) is 19.9 Å². The second-order valence-electron chi connectivity index (χ2n) is 5.43. The number of aryl methyl sites for hydroxylation is 2. The third kappa shape index (κ3) is 3.15. The van der Waals surface area contributed by atoms with Gasteiger partial charge in [-0.05, 0) is 31.5 Å². The number of halogens is 6. The zero-order valence-electron chi connectivity index (χ0n) is 12.8. The predicted molar refractivity (Wildman–Crippen MR) is 76.6 cm³/mol. The fraction of sp³-hybridized carbons (Fsp3) is 0.267. The summed E-state index contributed by atoms with van der Waals surface area (Å²) in [6, 6.07) is 2.96. The van der Waals surface area contributed by atoms with E-state index in [9.17, 15) is 26.3 Å². The van der Waals surface area contributed by atoms with Crippen molar-refractivity contribution in [3.8, 4) is 11.4 Å². The molecule has 0 bridgehead atoms. The number of nitrogens with zero attached hydrogens (tertiary/aromatic N) is 3. The highest BCUT2D eigenvalue weighted by Gasteiger charge is 2.37. The van der Waals surface area contributed by atoms with Crippen LogP contribution in [0.1, 0.15) is 22.6 Å². The van der Waals surface area contributed by atoms with Crippen LogP contribution >= 0.6 is 0 Å². The first-order chi connectivity index (χ1) is 11.5. The number of benzene rings is 1. The van der Waals surface area contributed by atoms with Gasteiger partial charge in [0.2, 0.25) is 0 Å². The van der Waals surface area contributed by atoms with Gasteiger partial charge < -0.3 is 4.98 Å². The summed E-state index contributed by atoms with van der Waals surface area (Å²) in [6.07, 6.45) is -9.33. The lowest BCUT2D eigenvalue weighted by atomic mass is 10.0. The number of alkyl halides is 6.